The van der Waals surface area contributed by atoms with E-state index >= 15 is 0 Å². The first-order chi connectivity index (χ1) is 8.52. The van der Waals surface area contributed by atoms with Crippen LogP contribution in [0.3, 0.4) is 0 Å². The molecule has 3 N–H and O–H groups in total. The molecule has 0 heterocycles. The summed E-state index contributed by atoms with van der Waals surface area (Å²) in [5, 5.41) is 14.9. The summed E-state index contributed by atoms with van der Waals surface area (Å²) in [6.45, 7) is 6.34. The minimum atomic E-state index is -0.342. The maximum absolute atomic E-state index is 11.6. The summed E-state index contributed by atoms with van der Waals surface area (Å²) in [6.07, 6.45) is 0.947. The molecule has 0 radical (unpaired) electrons. The van der Waals surface area contributed by atoms with Crippen LogP contribution in [0.25, 0.3) is 0 Å². The number of anilines is 1. The van der Waals surface area contributed by atoms with Crippen LogP contribution in [-0.4, -0.2) is 23.8 Å². The second-order valence-corrected chi connectivity index (χ2v) is 4.55. The monoisotopic (exact) mass is 250 g/mol. The highest BCUT2D eigenvalue weighted by atomic mass is 16.3. The molecule has 4 nitrogen and oxygen atoms in total. The lowest BCUT2D eigenvalue weighted by molar-refractivity contribution is 0.160. The van der Waals surface area contributed by atoms with E-state index in [-0.39, 0.29) is 12.1 Å². The summed E-state index contributed by atoms with van der Waals surface area (Å²) < 4.78 is 0. The highest BCUT2D eigenvalue weighted by Gasteiger charge is 2.05. The van der Waals surface area contributed by atoms with Crippen molar-refractivity contribution in [3.05, 3.63) is 29.3 Å². The SMILES string of the molecule is CCC(O)CCNC(=O)Nc1cc(C)ccc1C. The number of amides is 2. The van der Waals surface area contributed by atoms with E-state index in [1.807, 2.05) is 39.0 Å². The number of carbonyl (C=O) groups is 1. The van der Waals surface area contributed by atoms with Gasteiger partial charge < -0.3 is 15.7 Å². The fraction of sp³-hybridized carbons (Fsp3) is 0.500. The number of benzene rings is 1. The Labute approximate surface area is 108 Å². The number of carbonyl (C=O) groups excluding carboxylic acids is 1. The van der Waals surface area contributed by atoms with Crippen molar-refractivity contribution in [3.8, 4) is 0 Å². The molecule has 18 heavy (non-hydrogen) atoms. The first kappa shape index (κ1) is 14.5. The average Bonchev–Trinajstić information content (AvgIpc) is 2.33. The van der Waals surface area contributed by atoms with Gasteiger partial charge in [-0.05, 0) is 43.9 Å². The number of aliphatic hydroxyl groups is 1. The Morgan fingerprint density at radius 1 is 1.39 bits per heavy atom. The van der Waals surface area contributed by atoms with Crippen LogP contribution in [0, 0.1) is 13.8 Å². The first-order valence-electron chi connectivity index (χ1n) is 6.33. The minimum absolute atomic E-state index is 0.230. The number of hydrogen-bond acceptors (Lipinski definition) is 2. The molecule has 1 rings (SSSR count). The lowest BCUT2D eigenvalue weighted by Crippen LogP contribution is -2.31. The Bertz CT molecular complexity index is 405. The third-order valence-electron chi connectivity index (χ3n) is 2.88. The van der Waals surface area contributed by atoms with Crippen LogP contribution in [0.2, 0.25) is 0 Å². The van der Waals surface area contributed by atoms with E-state index in [1.54, 1.807) is 0 Å². The highest BCUT2D eigenvalue weighted by Crippen LogP contribution is 2.15. The molecule has 0 saturated heterocycles. The van der Waals surface area contributed by atoms with Crippen molar-refractivity contribution in [2.24, 2.45) is 0 Å². The smallest absolute Gasteiger partial charge is 0.319 e. The van der Waals surface area contributed by atoms with Crippen LogP contribution in [0.15, 0.2) is 18.2 Å². The van der Waals surface area contributed by atoms with Gasteiger partial charge in [-0.15, -0.1) is 0 Å². The van der Waals surface area contributed by atoms with Crippen LogP contribution in [0.4, 0.5) is 10.5 Å². The van der Waals surface area contributed by atoms with E-state index in [0.717, 1.165) is 16.8 Å². The Balaban J connectivity index is 2.42. The Morgan fingerprint density at radius 2 is 2.11 bits per heavy atom. The van der Waals surface area contributed by atoms with Gasteiger partial charge in [0.15, 0.2) is 0 Å². The molecule has 0 bridgehead atoms. The zero-order valence-electron chi connectivity index (χ0n) is 11.3. The predicted molar refractivity (Wildman–Crippen MR) is 73.9 cm³/mol. The molecular formula is C14H22N2O2. The number of nitrogens with one attached hydrogen (secondary N) is 2. The van der Waals surface area contributed by atoms with E-state index in [1.165, 1.54) is 0 Å². The molecule has 0 aliphatic rings. The zero-order chi connectivity index (χ0) is 13.5. The van der Waals surface area contributed by atoms with Crippen LogP contribution in [-0.2, 0) is 0 Å². The molecule has 2 amide bonds. The van der Waals surface area contributed by atoms with Gasteiger partial charge in [0, 0.05) is 12.2 Å². The quantitative estimate of drug-likeness (QED) is 0.752. The third kappa shape index (κ3) is 4.75. The van der Waals surface area contributed by atoms with Crippen molar-refractivity contribution in [1.82, 2.24) is 5.32 Å². The summed E-state index contributed by atoms with van der Waals surface area (Å²) >= 11 is 0. The summed E-state index contributed by atoms with van der Waals surface area (Å²) in [5.74, 6) is 0. The van der Waals surface area contributed by atoms with Gasteiger partial charge in [0.2, 0.25) is 0 Å². The predicted octanol–water partition coefficient (Wildman–Crippen LogP) is 2.59. The first-order valence-corrected chi connectivity index (χ1v) is 6.33. The van der Waals surface area contributed by atoms with Gasteiger partial charge >= 0.3 is 6.03 Å². The maximum atomic E-state index is 11.6. The van der Waals surface area contributed by atoms with Crippen LogP contribution < -0.4 is 10.6 Å². The lowest BCUT2D eigenvalue weighted by Gasteiger charge is -2.12. The van der Waals surface area contributed by atoms with Crippen molar-refractivity contribution >= 4 is 11.7 Å². The molecule has 0 fully saturated rings. The van der Waals surface area contributed by atoms with E-state index < -0.39 is 0 Å². The molecule has 4 heteroatoms. The standard InChI is InChI=1S/C14H22N2O2/c1-4-12(17)7-8-15-14(18)16-13-9-10(2)5-6-11(13)3/h5-6,9,12,17H,4,7-8H2,1-3H3,(H2,15,16,18). The molecule has 1 unspecified atom stereocenters. The number of aryl methyl sites for hydroxylation is 2. The Kier molecular flexibility index (Phi) is 5.65. The molecule has 1 atom stereocenters. The molecule has 0 aliphatic heterocycles. The normalized spacial score (nSPS) is 12.0. The molecule has 0 spiro atoms. The molecule has 0 aromatic heterocycles. The van der Waals surface area contributed by atoms with Crippen molar-refractivity contribution in [2.45, 2.75) is 39.7 Å². The molecule has 1 aromatic carbocycles. The molecular weight excluding hydrogens is 228 g/mol. The topological polar surface area (TPSA) is 61.4 Å². The summed E-state index contributed by atoms with van der Waals surface area (Å²) in [7, 11) is 0. The Hall–Kier alpha value is -1.55. The number of aliphatic hydroxyl groups excluding tert-OH is 1. The average molecular weight is 250 g/mol. The van der Waals surface area contributed by atoms with Crippen molar-refractivity contribution in [1.29, 1.82) is 0 Å². The second kappa shape index (κ2) is 7.01. The van der Waals surface area contributed by atoms with E-state index in [2.05, 4.69) is 10.6 Å². The van der Waals surface area contributed by atoms with Gasteiger partial charge in [-0.3, -0.25) is 0 Å². The van der Waals surface area contributed by atoms with Crippen molar-refractivity contribution in [3.63, 3.8) is 0 Å². The minimum Gasteiger partial charge on any atom is -0.393 e. The van der Waals surface area contributed by atoms with E-state index in [0.29, 0.717) is 19.4 Å². The fourth-order valence-electron chi connectivity index (χ4n) is 1.59. The van der Waals surface area contributed by atoms with Crippen LogP contribution in [0.5, 0.6) is 0 Å². The van der Waals surface area contributed by atoms with Gasteiger partial charge in [-0.1, -0.05) is 19.1 Å². The molecule has 0 aliphatic carbocycles. The van der Waals surface area contributed by atoms with Gasteiger partial charge in [0.25, 0.3) is 0 Å². The van der Waals surface area contributed by atoms with Crippen molar-refractivity contribution in [2.75, 3.05) is 11.9 Å². The van der Waals surface area contributed by atoms with E-state index in [9.17, 15) is 9.90 Å². The molecule has 100 valence electrons. The number of rotatable bonds is 5. The maximum Gasteiger partial charge on any atom is 0.319 e. The summed E-state index contributed by atoms with van der Waals surface area (Å²) in [6, 6.07) is 5.70. The van der Waals surface area contributed by atoms with Gasteiger partial charge in [-0.2, -0.15) is 0 Å². The van der Waals surface area contributed by atoms with Crippen LogP contribution in [0.1, 0.15) is 30.9 Å². The lowest BCUT2D eigenvalue weighted by atomic mass is 10.1. The number of hydrogen-bond donors (Lipinski definition) is 3. The summed E-state index contributed by atoms with van der Waals surface area (Å²) in [4.78, 5) is 11.6. The zero-order valence-corrected chi connectivity index (χ0v) is 11.3. The van der Waals surface area contributed by atoms with E-state index in [4.69, 9.17) is 0 Å². The van der Waals surface area contributed by atoms with Gasteiger partial charge in [0.1, 0.15) is 0 Å². The largest absolute Gasteiger partial charge is 0.393 e. The molecule has 1 aromatic rings. The van der Waals surface area contributed by atoms with Crippen molar-refractivity contribution < 1.29 is 9.90 Å². The number of urea groups is 1. The second-order valence-electron chi connectivity index (χ2n) is 4.55. The van der Waals surface area contributed by atoms with Gasteiger partial charge in [-0.25, -0.2) is 4.79 Å². The van der Waals surface area contributed by atoms with Gasteiger partial charge in [0.05, 0.1) is 6.10 Å². The third-order valence-corrected chi connectivity index (χ3v) is 2.88. The summed E-state index contributed by atoms with van der Waals surface area (Å²) in [5.41, 5.74) is 2.96. The highest BCUT2D eigenvalue weighted by molar-refractivity contribution is 5.90. The fourth-order valence-corrected chi connectivity index (χ4v) is 1.59. The Morgan fingerprint density at radius 3 is 2.78 bits per heavy atom. The van der Waals surface area contributed by atoms with Crippen LogP contribution >= 0.6 is 0 Å². The molecule has 0 saturated carbocycles.